The van der Waals surface area contributed by atoms with Gasteiger partial charge >= 0.3 is 0 Å². The summed E-state index contributed by atoms with van der Waals surface area (Å²) in [6, 6.07) is 16.1. The Hall–Kier alpha value is -2.41. The van der Waals surface area contributed by atoms with E-state index in [1.807, 2.05) is 6.07 Å². The first-order chi connectivity index (χ1) is 10.5. The average molecular weight is 373 g/mol. The number of hydrogen-bond donors (Lipinski definition) is 0. The van der Waals surface area contributed by atoms with Gasteiger partial charge < -0.3 is 0 Å². The summed E-state index contributed by atoms with van der Waals surface area (Å²) in [5.41, 5.74) is 1.00. The summed E-state index contributed by atoms with van der Waals surface area (Å²) in [4.78, 5) is -0.295. The van der Waals surface area contributed by atoms with Crippen molar-refractivity contribution < 1.29 is 8.42 Å². The van der Waals surface area contributed by atoms with Crippen LogP contribution in [0, 0.1) is 22.7 Å². The van der Waals surface area contributed by atoms with Crippen LogP contribution in [0.25, 0.3) is 6.08 Å². The van der Waals surface area contributed by atoms with Crippen molar-refractivity contribution in [1.29, 1.82) is 10.5 Å². The molecule has 0 aliphatic heterocycles. The largest absolute Gasteiger partial charge is 0.218 e. The van der Waals surface area contributed by atoms with E-state index in [2.05, 4.69) is 15.9 Å². The number of benzene rings is 2. The first kappa shape index (κ1) is 16.0. The third-order valence-corrected chi connectivity index (χ3v) is 5.07. The molecule has 0 aliphatic rings. The van der Waals surface area contributed by atoms with Gasteiger partial charge in [0, 0.05) is 4.47 Å². The lowest BCUT2D eigenvalue weighted by atomic mass is 10.1. The van der Waals surface area contributed by atoms with E-state index in [1.165, 1.54) is 18.2 Å². The molecule has 2 aromatic carbocycles. The first-order valence-electron chi connectivity index (χ1n) is 6.10. The Morgan fingerprint density at radius 3 is 2.09 bits per heavy atom. The Morgan fingerprint density at radius 1 is 1.00 bits per heavy atom. The van der Waals surface area contributed by atoms with Gasteiger partial charge in [-0.15, -0.1) is 0 Å². The van der Waals surface area contributed by atoms with Crippen LogP contribution in [0.4, 0.5) is 0 Å². The van der Waals surface area contributed by atoms with Crippen LogP contribution in [0.1, 0.15) is 11.1 Å². The molecule has 0 fully saturated rings. The summed E-state index contributed by atoms with van der Waals surface area (Å²) in [6.45, 7) is 0. The van der Waals surface area contributed by atoms with Crippen LogP contribution in [0.15, 0.2) is 62.8 Å². The quantitative estimate of drug-likeness (QED) is 0.769. The lowest BCUT2D eigenvalue weighted by molar-refractivity contribution is 0.603. The van der Waals surface area contributed by atoms with E-state index < -0.39 is 9.84 Å². The van der Waals surface area contributed by atoms with Crippen LogP contribution in [-0.4, -0.2) is 8.42 Å². The van der Waals surface area contributed by atoms with Crippen LogP contribution < -0.4 is 0 Å². The minimum atomic E-state index is -3.87. The van der Waals surface area contributed by atoms with Crippen molar-refractivity contribution in [2.45, 2.75) is 4.90 Å². The maximum atomic E-state index is 12.4. The van der Waals surface area contributed by atoms with Gasteiger partial charge in [0.25, 0.3) is 0 Å². The molecule has 0 saturated carbocycles. The normalized spacial score (nSPS) is 11.5. The predicted octanol–water partition coefficient (Wildman–Crippen LogP) is 3.66. The standard InChI is InChI=1S/C16H9BrN2O2S/c17-14-5-7-15(8-6-14)22(20,21)16(11-19)9-12-1-3-13(10-18)4-2-12/h1-9H. The second-order valence-electron chi connectivity index (χ2n) is 4.31. The van der Waals surface area contributed by atoms with Crippen molar-refractivity contribution in [3.05, 3.63) is 69.0 Å². The van der Waals surface area contributed by atoms with E-state index in [1.54, 1.807) is 42.5 Å². The van der Waals surface area contributed by atoms with E-state index in [0.29, 0.717) is 11.1 Å². The van der Waals surface area contributed by atoms with Gasteiger partial charge in [-0.25, -0.2) is 8.42 Å². The highest BCUT2D eigenvalue weighted by Crippen LogP contribution is 2.23. The summed E-state index contributed by atoms with van der Waals surface area (Å²) < 4.78 is 25.6. The highest BCUT2D eigenvalue weighted by atomic mass is 79.9. The maximum absolute atomic E-state index is 12.4. The van der Waals surface area contributed by atoms with E-state index in [-0.39, 0.29) is 9.80 Å². The fourth-order valence-corrected chi connectivity index (χ4v) is 3.14. The highest BCUT2D eigenvalue weighted by Gasteiger charge is 2.20. The van der Waals surface area contributed by atoms with Crippen molar-refractivity contribution in [2.24, 2.45) is 0 Å². The van der Waals surface area contributed by atoms with Gasteiger partial charge in [-0.1, -0.05) is 28.1 Å². The van der Waals surface area contributed by atoms with Gasteiger partial charge in [0.1, 0.15) is 11.0 Å². The number of allylic oxidation sites excluding steroid dienone is 1. The predicted molar refractivity (Wildman–Crippen MR) is 86.1 cm³/mol. The fraction of sp³-hybridized carbons (Fsp3) is 0. The number of hydrogen-bond acceptors (Lipinski definition) is 4. The van der Waals surface area contributed by atoms with Gasteiger partial charge in [-0.05, 0) is 48.0 Å². The summed E-state index contributed by atoms with van der Waals surface area (Å²) in [6.07, 6.45) is 1.29. The van der Waals surface area contributed by atoms with Crippen LogP contribution in [0.3, 0.4) is 0 Å². The van der Waals surface area contributed by atoms with Crippen LogP contribution in [0.5, 0.6) is 0 Å². The van der Waals surface area contributed by atoms with Crippen LogP contribution >= 0.6 is 15.9 Å². The number of sulfone groups is 1. The Morgan fingerprint density at radius 2 is 1.59 bits per heavy atom. The molecule has 22 heavy (non-hydrogen) atoms. The molecule has 4 nitrogen and oxygen atoms in total. The van der Waals surface area contributed by atoms with Crippen molar-refractivity contribution in [3.63, 3.8) is 0 Å². The van der Waals surface area contributed by atoms with Crippen molar-refractivity contribution in [2.75, 3.05) is 0 Å². The zero-order chi connectivity index (χ0) is 16.2. The topological polar surface area (TPSA) is 81.7 Å². The molecule has 0 atom stereocenters. The molecule has 6 heteroatoms. The molecule has 0 unspecified atom stereocenters. The summed E-state index contributed by atoms with van der Waals surface area (Å²) in [5.74, 6) is 0. The van der Waals surface area contributed by atoms with Crippen molar-refractivity contribution >= 4 is 31.8 Å². The van der Waals surface area contributed by atoms with Crippen molar-refractivity contribution in [3.8, 4) is 12.1 Å². The summed E-state index contributed by atoms with van der Waals surface area (Å²) in [5, 5.41) is 17.9. The maximum Gasteiger partial charge on any atom is 0.216 e. The van der Waals surface area contributed by atoms with Gasteiger partial charge in [-0.3, -0.25) is 0 Å². The molecule has 0 spiro atoms. The minimum Gasteiger partial charge on any atom is -0.218 e. The molecule has 0 amide bonds. The molecule has 2 aromatic rings. The molecule has 0 aliphatic carbocycles. The Balaban J connectivity index is 2.46. The van der Waals surface area contributed by atoms with Crippen molar-refractivity contribution in [1.82, 2.24) is 0 Å². The second kappa shape index (κ2) is 6.57. The SMILES string of the molecule is N#CC(=Cc1ccc(C#N)cc1)S(=O)(=O)c1ccc(Br)cc1. The van der Waals surface area contributed by atoms with Gasteiger partial charge in [0.05, 0.1) is 16.5 Å². The van der Waals surface area contributed by atoms with E-state index in [4.69, 9.17) is 5.26 Å². The third-order valence-electron chi connectivity index (χ3n) is 2.86. The monoisotopic (exact) mass is 372 g/mol. The summed E-state index contributed by atoms with van der Waals surface area (Å²) >= 11 is 3.23. The zero-order valence-electron chi connectivity index (χ0n) is 11.2. The number of rotatable bonds is 3. The van der Waals surface area contributed by atoms with Gasteiger partial charge in [0.15, 0.2) is 0 Å². The number of nitriles is 2. The lowest BCUT2D eigenvalue weighted by Gasteiger charge is -2.03. The first-order valence-corrected chi connectivity index (χ1v) is 8.37. The third kappa shape index (κ3) is 3.43. The molecule has 0 heterocycles. The fourth-order valence-electron chi connectivity index (χ4n) is 1.72. The molecule has 0 aromatic heterocycles. The van der Waals surface area contributed by atoms with E-state index in [0.717, 1.165) is 4.47 Å². The molecule has 0 radical (unpaired) electrons. The van der Waals surface area contributed by atoms with Gasteiger partial charge in [-0.2, -0.15) is 10.5 Å². The molecular weight excluding hydrogens is 364 g/mol. The van der Waals surface area contributed by atoms with E-state index in [9.17, 15) is 13.7 Å². The van der Waals surface area contributed by atoms with Crippen LogP contribution in [-0.2, 0) is 9.84 Å². The molecule has 108 valence electrons. The summed E-state index contributed by atoms with van der Waals surface area (Å²) in [7, 11) is -3.87. The second-order valence-corrected chi connectivity index (χ2v) is 7.15. The number of nitrogens with zero attached hydrogens (tertiary/aromatic N) is 2. The molecule has 0 N–H and O–H groups in total. The number of halogens is 1. The average Bonchev–Trinajstić information content (AvgIpc) is 2.53. The lowest BCUT2D eigenvalue weighted by Crippen LogP contribution is -2.03. The molecule has 2 rings (SSSR count). The molecule has 0 bridgehead atoms. The van der Waals surface area contributed by atoms with E-state index >= 15 is 0 Å². The Bertz CT molecular complexity index is 901. The minimum absolute atomic E-state index is 0.0529. The molecular formula is C16H9BrN2O2S. The Kier molecular flexibility index (Phi) is 4.77. The Labute approximate surface area is 137 Å². The van der Waals surface area contributed by atoms with Gasteiger partial charge in [0.2, 0.25) is 9.84 Å². The zero-order valence-corrected chi connectivity index (χ0v) is 13.6. The smallest absolute Gasteiger partial charge is 0.216 e. The van der Waals surface area contributed by atoms with Crippen LogP contribution in [0.2, 0.25) is 0 Å². The highest BCUT2D eigenvalue weighted by molar-refractivity contribution is 9.10. The molecule has 0 saturated heterocycles.